The lowest BCUT2D eigenvalue weighted by Gasteiger charge is -2.16. The van der Waals surface area contributed by atoms with E-state index in [9.17, 15) is 0 Å². The SMILES string of the molecule is CC(C)c1cccc(C(C)C)c1C=CC#N. The van der Waals surface area contributed by atoms with E-state index in [-0.39, 0.29) is 0 Å². The van der Waals surface area contributed by atoms with E-state index in [0.29, 0.717) is 11.8 Å². The second kappa shape index (κ2) is 5.51. The van der Waals surface area contributed by atoms with E-state index >= 15 is 0 Å². The van der Waals surface area contributed by atoms with Crippen molar-refractivity contribution < 1.29 is 0 Å². The fraction of sp³-hybridized carbons (Fsp3) is 0.400. The smallest absolute Gasteiger partial charge is 0.0912 e. The molecule has 16 heavy (non-hydrogen) atoms. The Kier molecular flexibility index (Phi) is 4.31. The Bertz CT molecular complexity index is 393. The average Bonchev–Trinajstić information content (AvgIpc) is 2.25. The lowest BCUT2D eigenvalue weighted by atomic mass is 9.88. The molecule has 0 unspecified atom stereocenters. The molecular formula is C15H19N. The molecule has 0 radical (unpaired) electrons. The lowest BCUT2D eigenvalue weighted by molar-refractivity contribution is 0.829. The van der Waals surface area contributed by atoms with Crippen LogP contribution in [-0.4, -0.2) is 0 Å². The van der Waals surface area contributed by atoms with Crippen LogP contribution in [0.25, 0.3) is 6.08 Å². The molecule has 1 aromatic rings. The summed E-state index contributed by atoms with van der Waals surface area (Å²) < 4.78 is 0. The molecule has 84 valence electrons. The van der Waals surface area contributed by atoms with E-state index in [1.165, 1.54) is 16.7 Å². The van der Waals surface area contributed by atoms with Crippen LogP contribution in [-0.2, 0) is 0 Å². The van der Waals surface area contributed by atoms with Crippen LogP contribution in [0, 0.1) is 11.3 Å². The second-order valence-corrected chi connectivity index (χ2v) is 4.62. The first-order valence-corrected chi connectivity index (χ1v) is 5.77. The lowest BCUT2D eigenvalue weighted by Crippen LogP contribution is -1.99. The summed E-state index contributed by atoms with van der Waals surface area (Å²) in [6.07, 6.45) is 3.50. The molecule has 0 amide bonds. The van der Waals surface area contributed by atoms with Crippen LogP contribution in [0.2, 0.25) is 0 Å². The molecular weight excluding hydrogens is 194 g/mol. The van der Waals surface area contributed by atoms with Crippen molar-refractivity contribution in [3.05, 3.63) is 41.0 Å². The average molecular weight is 213 g/mol. The van der Waals surface area contributed by atoms with Gasteiger partial charge in [-0.25, -0.2) is 0 Å². The Morgan fingerprint density at radius 1 is 1.06 bits per heavy atom. The molecule has 1 rings (SSSR count). The zero-order chi connectivity index (χ0) is 12.1. The van der Waals surface area contributed by atoms with Crippen molar-refractivity contribution in [3.63, 3.8) is 0 Å². The van der Waals surface area contributed by atoms with Gasteiger partial charge in [0.05, 0.1) is 6.07 Å². The Balaban J connectivity index is 3.36. The molecule has 0 saturated carbocycles. The van der Waals surface area contributed by atoms with Gasteiger partial charge in [-0.05, 0) is 34.6 Å². The molecule has 0 aromatic heterocycles. The van der Waals surface area contributed by atoms with E-state index < -0.39 is 0 Å². The van der Waals surface area contributed by atoms with Crippen molar-refractivity contribution in [1.82, 2.24) is 0 Å². The summed E-state index contributed by atoms with van der Waals surface area (Å²) in [7, 11) is 0. The number of nitrogens with zero attached hydrogens (tertiary/aromatic N) is 1. The number of hydrogen-bond acceptors (Lipinski definition) is 1. The molecule has 0 spiro atoms. The Hall–Kier alpha value is -1.55. The molecule has 0 aliphatic heterocycles. The Morgan fingerprint density at radius 3 is 1.94 bits per heavy atom. The molecule has 0 atom stereocenters. The van der Waals surface area contributed by atoms with E-state index in [1.807, 2.05) is 6.08 Å². The molecule has 0 aliphatic rings. The van der Waals surface area contributed by atoms with Crippen LogP contribution in [0.4, 0.5) is 0 Å². The van der Waals surface area contributed by atoms with Crippen LogP contribution in [0.3, 0.4) is 0 Å². The molecule has 0 fully saturated rings. The predicted molar refractivity (Wildman–Crippen MR) is 69.3 cm³/mol. The summed E-state index contributed by atoms with van der Waals surface area (Å²) in [5, 5.41) is 8.65. The van der Waals surface area contributed by atoms with Gasteiger partial charge in [-0.3, -0.25) is 0 Å². The van der Waals surface area contributed by atoms with Crippen LogP contribution in [0.1, 0.15) is 56.2 Å². The van der Waals surface area contributed by atoms with E-state index in [4.69, 9.17) is 5.26 Å². The van der Waals surface area contributed by atoms with Crippen molar-refractivity contribution >= 4 is 6.08 Å². The van der Waals surface area contributed by atoms with Crippen LogP contribution in [0.15, 0.2) is 24.3 Å². The molecule has 0 saturated heterocycles. The van der Waals surface area contributed by atoms with Gasteiger partial charge in [-0.15, -0.1) is 0 Å². The summed E-state index contributed by atoms with van der Waals surface area (Å²) in [5.41, 5.74) is 3.85. The molecule has 0 heterocycles. The maximum atomic E-state index is 8.65. The largest absolute Gasteiger partial charge is 0.193 e. The van der Waals surface area contributed by atoms with Gasteiger partial charge >= 0.3 is 0 Å². The number of rotatable bonds is 3. The van der Waals surface area contributed by atoms with Gasteiger partial charge in [0.25, 0.3) is 0 Å². The second-order valence-electron chi connectivity index (χ2n) is 4.62. The third-order valence-corrected chi connectivity index (χ3v) is 2.74. The number of allylic oxidation sites excluding steroid dienone is 1. The molecule has 0 bridgehead atoms. The summed E-state index contributed by atoms with van der Waals surface area (Å²) >= 11 is 0. The van der Waals surface area contributed by atoms with Gasteiger partial charge in [0.2, 0.25) is 0 Å². The quantitative estimate of drug-likeness (QED) is 0.679. The highest BCUT2D eigenvalue weighted by atomic mass is 14.2. The first kappa shape index (κ1) is 12.5. The summed E-state index contributed by atoms with van der Waals surface area (Å²) in [5.74, 6) is 0.967. The maximum absolute atomic E-state index is 8.65. The molecule has 1 heteroatoms. The Labute approximate surface area is 98.4 Å². The zero-order valence-corrected chi connectivity index (χ0v) is 10.5. The van der Waals surface area contributed by atoms with Crippen LogP contribution in [0.5, 0.6) is 0 Å². The van der Waals surface area contributed by atoms with Gasteiger partial charge in [0.1, 0.15) is 0 Å². The molecule has 0 N–H and O–H groups in total. The van der Waals surface area contributed by atoms with Crippen molar-refractivity contribution in [2.75, 3.05) is 0 Å². The normalized spacial score (nSPS) is 11.3. The highest BCUT2D eigenvalue weighted by Crippen LogP contribution is 2.28. The third-order valence-electron chi connectivity index (χ3n) is 2.74. The fourth-order valence-corrected chi connectivity index (χ4v) is 1.92. The van der Waals surface area contributed by atoms with E-state index in [1.54, 1.807) is 6.08 Å². The van der Waals surface area contributed by atoms with E-state index in [2.05, 4.69) is 52.0 Å². The predicted octanol–water partition coefficient (Wildman–Crippen LogP) is 4.47. The first-order chi connectivity index (χ1) is 7.57. The highest BCUT2D eigenvalue weighted by Gasteiger charge is 2.10. The van der Waals surface area contributed by atoms with Crippen molar-refractivity contribution in [2.45, 2.75) is 39.5 Å². The summed E-state index contributed by atoms with van der Waals surface area (Å²) in [4.78, 5) is 0. The molecule has 1 nitrogen and oxygen atoms in total. The number of nitriles is 1. The fourth-order valence-electron chi connectivity index (χ4n) is 1.92. The molecule has 0 aliphatic carbocycles. The maximum Gasteiger partial charge on any atom is 0.0912 e. The van der Waals surface area contributed by atoms with Crippen molar-refractivity contribution in [2.24, 2.45) is 0 Å². The minimum Gasteiger partial charge on any atom is -0.193 e. The van der Waals surface area contributed by atoms with Crippen molar-refractivity contribution in [3.8, 4) is 6.07 Å². The minimum absolute atomic E-state index is 0.483. The van der Waals surface area contributed by atoms with Crippen molar-refractivity contribution in [1.29, 1.82) is 5.26 Å². The minimum atomic E-state index is 0.483. The topological polar surface area (TPSA) is 23.8 Å². The monoisotopic (exact) mass is 213 g/mol. The van der Waals surface area contributed by atoms with Crippen LogP contribution < -0.4 is 0 Å². The van der Waals surface area contributed by atoms with E-state index in [0.717, 1.165) is 0 Å². The third kappa shape index (κ3) is 2.73. The van der Waals surface area contributed by atoms with Gasteiger partial charge < -0.3 is 0 Å². The van der Waals surface area contributed by atoms with Crippen LogP contribution >= 0.6 is 0 Å². The molecule has 1 aromatic carbocycles. The van der Waals surface area contributed by atoms with Gasteiger partial charge in [0.15, 0.2) is 0 Å². The summed E-state index contributed by atoms with van der Waals surface area (Å²) in [6.45, 7) is 8.73. The van der Waals surface area contributed by atoms with Gasteiger partial charge in [-0.1, -0.05) is 45.9 Å². The van der Waals surface area contributed by atoms with Gasteiger partial charge in [-0.2, -0.15) is 5.26 Å². The van der Waals surface area contributed by atoms with Gasteiger partial charge in [0, 0.05) is 6.08 Å². The number of benzene rings is 1. The summed E-state index contributed by atoms with van der Waals surface area (Å²) in [6, 6.07) is 8.47. The standard InChI is InChI=1S/C15H19N/c1-11(2)13-7-5-8-14(12(3)4)15(13)9-6-10-16/h5-9,11-12H,1-4H3. The Morgan fingerprint density at radius 2 is 1.56 bits per heavy atom. The highest BCUT2D eigenvalue weighted by molar-refractivity contribution is 5.61. The first-order valence-electron chi connectivity index (χ1n) is 5.77. The zero-order valence-electron chi connectivity index (χ0n) is 10.5. The number of hydrogen-bond donors (Lipinski definition) is 0.